The molecule has 1 saturated carbocycles. The smallest absolute Gasteiger partial charge is 0.150 e. The Morgan fingerprint density at radius 3 is 2.50 bits per heavy atom. The fraction of sp³-hybridized carbons (Fsp3) is 1.00. The molecule has 0 amide bonds. The standard InChI is InChI=1S/C16H31NO2S/c1-3-5-13-6-7-16(17-9-4-2)15(11-13)14-8-10-20(18,19)12-14/h13-17H,3-12H2,1-2H3. The molecule has 0 bridgehead atoms. The van der Waals surface area contributed by atoms with Crippen molar-refractivity contribution in [1.82, 2.24) is 5.32 Å². The van der Waals surface area contributed by atoms with Crippen LogP contribution >= 0.6 is 0 Å². The normalized spacial score (nSPS) is 37.1. The van der Waals surface area contributed by atoms with Crippen LogP contribution in [-0.4, -0.2) is 32.5 Å². The van der Waals surface area contributed by atoms with E-state index in [0.717, 1.165) is 25.3 Å². The quantitative estimate of drug-likeness (QED) is 0.820. The van der Waals surface area contributed by atoms with Crippen LogP contribution in [0, 0.1) is 17.8 Å². The van der Waals surface area contributed by atoms with Gasteiger partial charge in [0.05, 0.1) is 11.5 Å². The molecule has 20 heavy (non-hydrogen) atoms. The van der Waals surface area contributed by atoms with Crippen molar-refractivity contribution < 1.29 is 8.42 Å². The van der Waals surface area contributed by atoms with Crippen molar-refractivity contribution >= 4 is 9.84 Å². The van der Waals surface area contributed by atoms with Gasteiger partial charge in [-0.1, -0.05) is 26.7 Å². The third-order valence-electron chi connectivity index (χ3n) is 5.23. The molecule has 1 saturated heterocycles. The lowest BCUT2D eigenvalue weighted by atomic mass is 9.70. The highest BCUT2D eigenvalue weighted by atomic mass is 32.2. The van der Waals surface area contributed by atoms with Crippen molar-refractivity contribution in [1.29, 1.82) is 0 Å². The minimum absolute atomic E-state index is 0.411. The summed E-state index contributed by atoms with van der Waals surface area (Å²) in [4.78, 5) is 0. The molecule has 1 heterocycles. The molecule has 4 heteroatoms. The molecular formula is C16H31NO2S. The van der Waals surface area contributed by atoms with Gasteiger partial charge in [-0.2, -0.15) is 0 Å². The zero-order valence-electron chi connectivity index (χ0n) is 13.1. The molecule has 1 N–H and O–H groups in total. The molecule has 2 aliphatic rings. The Bertz CT molecular complexity index is 393. The van der Waals surface area contributed by atoms with Crippen molar-refractivity contribution in [3.63, 3.8) is 0 Å². The highest BCUT2D eigenvalue weighted by Gasteiger charge is 2.40. The monoisotopic (exact) mass is 301 g/mol. The van der Waals surface area contributed by atoms with Gasteiger partial charge in [0.2, 0.25) is 0 Å². The third kappa shape index (κ3) is 4.20. The Labute approximate surface area is 124 Å². The number of hydrogen-bond acceptors (Lipinski definition) is 3. The Morgan fingerprint density at radius 2 is 1.90 bits per heavy atom. The number of sulfone groups is 1. The Morgan fingerprint density at radius 1 is 1.10 bits per heavy atom. The first kappa shape index (κ1) is 16.3. The van der Waals surface area contributed by atoms with E-state index < -0.39 is 9.84 Å². The fourth-order valence-corrected chi connectivity index (χ4v) is 6.13. The molecule has 3 nitrogen and oxygen atoms in total. The van der Waals surface area contributed by atoms with E-state index in [1.54, 1.807) is 0 Å². The van der Waals surface area contributed by atoms with E-state index in [0.29, 0.717) is 29.4 Å². The Kier molecular flexibility index (Phi) is 5.91. The predicted octanol–water partition coefficient (Wildman–Crippen LogP) is 3.01. The van der Waals surface area contributed by atoms with E-state index in [1.165, 1.54) is 32.1 Å². The van der Waals surface area contributed by atoms with Crippen LogP contribution in [0.1, 0.15) is 58.8 Å². The highest BCUT2D eigenvalue weighted by Crippen LogP contribution is 2.40. The van der Waals surface area contributed by atoms with Crippen molar-refractivity contribution in [2.24, 2.45) is 17.8 Å². The minimum Gasteiger partial charge on any atom is -0.314 e. The van der Waals surface area contributed by atoms with E-state index >= 15 is 0 Å². The molecule has 0 aromatic heterocycles. The van der Waals surface area contributed by atoms with Gasteiger partial charge in [0.1, 0.15) is 0 Å². The van der Waals surface area contributed by atoms with Gasteiger partial charge in [-0.25, -0.2) is 8.42 Å². The van der Waals surface area contributed by atoms with E-state index in [9.17, 15) is 8.42 Å². The largest absolute Gasteiger partial charge is 0.314 e. The topological polar surface area (TPSA) is 46.2 Å². The lowest BCUT2D eigenvalue weighted by Gasteiger charge is -2.40. The summed E-state index contributed by atoms with van der Waals surface area (Å²) in [7, 11) is -2.75. The van der Waals surface area contributed by atoms with Gasteiger partial charge in [0, 0.05) is 6.04 Å². The summed E-state index contributed by atoms with van der Waals surface area (Å²) < 4.78 is 23.6. The van der Waals surface area contributed by atoms with Gasteiger partial charge in [-0.15, -0.1) is 0 Å². The lowest BCUT2D eigenvalue weighted by molar-refractivity contribution is 0.148. The van der Waals surface area contributed by atoms with Crippen molar-refractivity contribution in [2.45, 2.75) is 64.8 Å². The van der Waals surface area contributed by atoms with Gasteiger partial charge in [-0.05, 0) is 56.4 Å². The summed E-state index contributed by atoms with van der Waals surface area (Å²) in [5.74, 6) is 2.69. The van der Waals surface area contributed by atoms with Gasteiger partial charge in [-0.3, -0.25) is 0 Å². The zero-order chi connectivity index (χ0) is 14.6. The summed E-state index contributed by atoms with van der Waals surface area (Å²) >= 11 is 0. The molecule has 1 aliphatic heterocycles. The van der Waals surface area contributed by atoms with Crippen LogP contribution in [-0.2, 0) is 9.84 Å². The SMILES string of the molecule is CCCNC1CCC(CCC)CC1C1CCS(=O)(=O)C1. The van der Waals surface area contributed by atoms with Crippen molar-refractivity contribution in [3.05, 3.63) is 0 Å². The zero-order valence-corrected chi connectivity index (χ0v) is 13.9. The van der Waals surface area contributed by atoms with Crippen LogP contribution in [0.2, 0.25) is 0 Å². The third-order valence-corrected chi connectivity index (χ3v) is 7.03. The number of nitrogens with one attached hydrogen (secondary N) is 1. The molecule has 2 fully saturated rings. The van der Waals surface area contributed by atoms with Gasteiger partial charge >= 0.3 is 0 Å². The summed E-state index contributed by atoms with van der Waals surface area (Å²) in [6.45, 7) is 5.53. The second-order valence-electron chi connectivity index (χ2n) is 6.86. The maximum Gasteiger partial charge on any atom is 0.150 e. The molecule has 2 rings (SSSR count). The summed E-state index contributed by atoms with van der Waals surface area (Å²) in [6.07, 6.45) is 8.44. The van der Waals surface area contributed by atoms with Crippen LogP contribution in [0.25, 0.3) is 0 Å². The fourth-order valence-electron chi connectivity index (χ4n) is 4.23. The summed E-state index contributed by atoms with van der Waals surface area (Å²) in [5, 5.41) is 3.69. The van der Waals surface area contributed by atoms with E-state index in [2.05, 4.69) is 19.2 Å². The van der Waals surface area contributed by atoms with Crippen LogP contribution in [0.5, 0.6) is 0 Å². The van der Waals surface area contributed by atoms with E-state index in [4.69, 9.17) is 0 Å². The predicted molar refractivity (Wildman–Crippen MR) is 84.6 cm³/mol. The molecular weight excluding hydrogens is 270 g/mol. The van der Waals surface area contributed by atoms with E-state index in [-0.39, 0.29) is 0 Å². The second kappa shape index (κ2) is 7.26. The molecule has 0 aromatic rings. The first-order chi connectivity index (χ1) is 9.55. The second-order valence-corrected chi connectivity index (χ2v) is 9.08. The maximum absolute atomic E-state index is 11.8. The average Bonchev–Trinajstić information content (AvgIpc) is 2.78. The molecule has 0 spiro atoms. The molecule has 0 radical (unpaired) electrons. The van der Waals surface area contributed by atoms with Crippen molar-refractivity contribution in [2.75, 3.05) is 18.1 Å². The summed E-state index contributed by atoms with van der Waals surface area (Å²) in [6, 6.07) is 0.557. The van der Waals surface area contributed by atoms with Crippen LogP contribution in [0.15, 0.2) is 0 Å². The Hall–Kier alpha value is -0.0900. The first-order valence-electron chi connectivity index (χ1n) is 8.49. The van der Waals surface area contributed by atoms with Crippen LogP contribution in [0.3, 0.4) is 0 Å². The van der Waals surface area contributed by atoms with Gasteiger partial charge in [0.15, 0.2) is 9.84 Å². The first-order valence-corrected chi connectivity index (χ1v) is 10.3. The molecule has 4 unspecified atom stereocenters. The summed E-state index contributed by atoms with van der Waals surface area (Å²) in [5.41, 5.74) is 0. The van der Waals surface area contributed by atoms with Gasteiger partial charge < -0.3 is 5.32 Å². The number of rotatable bonds is 6. The minimum atomic E-state index is -2.75. The van der Waals surface area contributed by atoms with Crippen LogP contribution < -0.4 is 5.32 Å². The van der Waals surface area contributed by atoms with Gasteiger partial charge in [0.25, 0.3) is 0 Å². The lowest BCUT2D eigenvalue weighted by Crippen LogP contribution is -2.44. The average molecular weight is 301 g/mol. The van der Waals surface area contributed by atoms with Crippen LogP contribution in [0.4, 0.5) is 0 Å². The molecule has 0 aromatic carbocycles. The molecule has 4 atom stereocenters. The molecule has 1 aliphatic carbocycles. The van der Waals surface area contributed by atoms with Crippen molar-refractivity contribution in [3.8, 4) is 0 Å². The number of hydrogen-bond donors (Lipinski definition) is 1. The Balaban J connectivity index is 2.01. The maximum atomic E-state index is 11.8. The highest BCUT2D eigenvalue weighted by molar-refractivity contribution is 7.91. The molecule has 118 valence electrons. The van der Waals surface area contributed by atoms with E-state index in [1.807, 2.05) is 0 Å².